The van der Waals surface area contributed by atoms with Crippen LogP contribution in [0.4, 0.5) is 0 Å². The van der Waals surface area contributed by atoms with Gasteiger partial charge in [-0.25, -0.2) is 0 Å². The van der Waals surface area contributed by atoms with Gasteiger partial charge in [0.2, 0.25) is 0 Å². The number of hydrogen-bond donors (Lipinski definition) is 1. The van der Waals surface area contributed by atoms with E-state index in [1.165, 1.54) is 14.2 Å². The molecule has 0 fully saturated rings. The molecule has 1 unspecified atom stereocenters. The second-order valence-corrected chi connectivity index (χ2v) is 3.82. The van der Waals surface area contributed by atoms with E-state index < -0.39 is 11.9 Å². The Bertz CT molecular complexity index is 305. The summed E-state index contributed by atoms with van der Waals surface area (Å²) in [6, 6.07) is 1.86. The summed E-state index contributed by atoms with van der Waals surface area (Å²) in [6.07, 6.45) is 1.57. The summed E-state index contributed by atoms with van der Waals surface area (Å²) in [5.74, 6) is 0. The summed E-state index contributed by atoms with van der Waals surface area (Å²) in [4.78, 5) is 0. The predicted octanol–water partition coefficient (Wildman–Crippen LogP) is 0.332. The molecular weight excluding hydrogens is 196 g/mol. The van der Waals surface area contributed by atoms with Crippen molar-refractivity contribution in [3.05, 3.63) is 18.0 Å². The smallest absolute Gasteiger partial charge is 0.185 e. The molecule has 1 aromatic heterocycles. The molecule has 86 valence electrons. The summed E-state index contributed by atoms with van der Waals surface area (Å²) >= 11 is 0. The molecule has 0 aliphatic heterocycles. The first-order chi connectivity index (χ1) is 6.99. The summed E-state index contributed by atoms with van der Waals surface area (Å²) in [6.45, 7) is 1.67. The molecule has 1 rings (SSSR count). The zero-order valence-electron chi connectivity index (χ0n) is 9.60. The molecule has 1 N–H and O–H groups in total. The van der Waals surface area contributed by atoms with Crippen LogP contribution in [0.15, 0.2) is 12.3 Å². The summed E-state index contributed by atoms with van der Waals surface area (Å²) < 4.78 is 11.8. The standard InChI is InChI=1S/C10H18N2O3/c1-10(13,9(14-3)15-4)7-8-5-6-12(2)11-8/h5-6,9,13H,7H2,1-4H3. The van der Waals surface area contributed by atoms with Crippen LogP contribution in [0.5, 0.6) is 0 Å². The molecule has 0 aliphatic rings. The van der Waals surface area contributed by atoms with Gasteiger partial charge in [-0.3, -0.25) is 4.68 Å². The van der Waals surface area contributed by atoms with Crippen LogP contribution in [0.2, 0.25) is 0 Å². The molecule has 0 aliphatic carbocycles. The summed E-state index contributed by atoms with van der Waals surface area (Å²) in [7, 11) is 4.84. The fourth-order valence-corrected chi connectivity index (χ4v) is 1.61. The number of methoxy groups -OCH3 is 2. The maximum absolute atomic E-state index is 10.1. The van der Waals surface area contributed by atoms with E-state index in [1.807, 2.05) is 19.3 Å². The van der Waals surface area contributed by atoms with E-state index in [0.717, 1.165) is 5.69 Å². The fraction of sp³-hybridized carbons (Fsp3) is 0.700. The summed E-state index contributed by atoms with van der Waals surface area (Å²) in [5.41, 5.74) is -0.278. The van der Waals surface area contributed by atoms with Gasteiger partial charge in [-0.1, -0.05) is 0 Å². The van der Waals surface area contributed by atoms with E-state index >= 15 is 0 Å². The molecule has 1 atom stereocenters. The van der Waals surface area contributed by atoms with Crippen LogP contribution < -0.4 is 0 Å². The van der Waals surface area contributed by atoms with E-state index in [0.29, 0.717) is 6.42 Å². The van der Waals surface area contributed by atoms with Crippen LogP contribution in [0, 0.1) is 0 Å². The number of rotatable bonds is 5. The highest BCUT2D eigenvalue weighted by Crippen LogP contribution is 2.18. The predicted molar refractivity (Wildman–Crippen MR) is 55.3 cm³/mol. The molecule has 0 aromatic carbocycles. The van der Waals surface area contributed by atoms with Gasteiger partial charge < -0.3 is 14.6 Å². The average molecular weight is 214 g/mol. The normalized spacial score (nSPS) is 15.6. The van der Waals surface area contributed by atoms with Gasteiger partial charge in [-0.05, 0) is 13.0 Å². The minimum absolute atomic E-state index is 0.389. The Balaban J connectivity index is 2.70. The number of aromatic nitrogens is 2. The Hall–Kier alpha value is -0.910. The molecular formula is C10H18N2O3. The summed E-state index contributed by atoms with van der Waals surface area (Å²) in [5, 5.41) is 14.3. The van der Waals surface area contributed by atoms with Crippen molar-refractivity contribution in [3.63, 3.8) is 0 Å². The molecule has 0 bridgehead atoms. The molecule has 5 nitrogen and oxygen atoms in total. The Morgan fingerprint density at radius 1 is 1.53 bits per heavy atom. The van der Waals surface area contributed by atoms with E-state index in [-0.39, 0.29) is 0 Å². The first kappa shape index (κ1) is 12.2. The quantitative estimate of drug-likeness (QED) is 0.718. The van der Waals surface area contributed by atoms with Crippen LogP contribution in [0.1, 0.15) is 12.6 Å². The van der Waals surface area contributed by atoms with Crippen LogP contribution in [0.25, 0.3) is 0 Å². The second-order valence-electron chi connectivity index (χ2n) is 3.82. The third-order valence-electron chi connectivity index (χ3n) is 2.24. The Labute approximate surface area is 89.6 Å². The molecule has 0 saturated heterocycles. The fourth-order valence-electron chi connectivity index (χ4n) is 1.61. The van der Waals surface area contributed by atoms with E-state index in [9.17, 15) is 5.11 Å². The molecule has 1 aromatic rings. The topological polar surface area (TPSA) is 56.5 Å². The Kier molecular flexibility index (Phi) is 3.84. The molecule has 0 radical (unpaired) electrons. The van der Waals surface area contributed by atoms with E-state index in [1.54, 1.807) is 11.6 Å². The number of aliphatic hydroxyl groups is 1. The van der Waals surface area contributed by atoms with Crippen molar-refractivity contribution in [2.24, 2.45) is 7.05 Å². The van der Waals surface area contributed by atoms with Crippen molar-refractivity contribution >= 4 is 0 Å². The lowest BCUT2D eigenvalue weighted by Crippen LogP contribution is -2.43. The maximum Gasteiger partial charge on any atom is 0.185 e. The average Bonchev–Trinajstić information content (AvgIpc) is 2.51. The zero-order chi connectivity index (χ0) is 11.5. The minimum atomic E-state index is -1.09. The second kappa shape index (κ2) is 4.74. The van der Waals surface area contributed by atoms with Crippen molar-refractivity contribution < 1.29 is 14.6 Å². The van der Waals surface area contributed by atoms with Crippen molar-refractivity contribution in [1.29, 1.82) is 0 Å². The third kappa shape index (κ3) is 3.02. The van der Waals surface area contributed by atoms with Crippen LogP contribution in [-0.2, 0) is 22.9 Å². The molecule has 0 spiro atoms. The lowest BCUT2D eigenvalue weighted by Gasteiger charge is -2.29. The van der Waals surface area contributed by atoms with Gasteiger partial charge >= 0.3 is 0 Å². The maximum atomic E-state index is 10.1. The minimum Gasteiger partial charge on any atom is -0.384 e. The highest BCUT2D eigenvalue weighted by Gasteiger charge is 2.33. The van der Waals surface area contributed by atoms with Gasteiger partial charge in [0, 0.05) is 33.9 Å². The van der Waals surface area contributed by atoms with Crippen molar-refractivity contribution in [2.75, 3.05) is 14.2 Å². The first-order valence-corrected chi connectivity index (χ1v) is 4.76. The Morgan fingerprint density at radius 3 is 2.53 bits per heavy atom. The molecule has 0 amide bonds. The number of hydrogen-bond acceptors (Lipinski definition) is 4. The lowest BCUT2D eigenvalue weighted by atomic mass is 9.99. The van der Waals surface area contributed by atoms with Crippen molar-refractivity contribution in [2.45, 2.75) is 25.2 Å². The van der Waals surface area contributed by atoms with Crippen LogP contribution >= 0.6 is 0 Å². The van der Waals surface area contributed by atoms with Gasteiger partial charge in [0.15, 0.2) is 6.29 Å². The molecule has 15 heavy (non-hydrogen) atoms. The molecule has 0 saturated carbocycles. The highest BCUT2D eigenvalue weighted by molar-refractivity contribution is 5.03. The van der Waals surface area contributed by atoms with Gasteiger partial charge in [0.25, 0.3) is 0 Å². The van der Waals surface area contributed by atoms with Gasteiger partial charge in [0.1, 0.15) is 5.60 Å². The lowest BCUT2D eigenvalue weighted by molar-refractivity contribution is -0.207. The first-order valence-electron chi connectivity index (χ1n) is 4.76. The zero-order valence-corrected chi connectivity index (χ0v) is 9.60. The van der Waals surface area contributed by atoms with Crippen LogP contribution in [-0.4, -0.2) is 41.0 Å². The number of nitrogens with zero attached hydrogens (tertiary/aromatic N) is 2. The number of aryl methyl sites for hydroxylation is 1. The third-order valence-corrected chi connectivity index (χ3v) is 2.24. The van der Waals surface area contributed by atoms with Gasteiger partial charge in [0.05, 0.1) is 5.69 Å². The number of ether oxygens (including phenoxy) is 2. The van der Waals surface area contributed by atoms with Crippen molar-refractivity contribution in [3.8, 4) is 0 Å². The van der Waals surface area contributed by atoms with Gasteiger partial charge in [-0.15, -0.1) is 0 Å². The van der Waals surface area contributed by atoms with E-state index in [4.69, 9.17) is 9.47 Å². The van der Waals surface area contributed by atoms with Crippen molar-refractivity contribution in [1.82, 2.24) is 9.78 Å². The highest BCUT2D eigenvalue weighted by atomic mass is 16.7. The molecule has 5 heteroatoms. The SMILES string of the molecule is COC(OC)C(C)(O)Cc1ccn(C)n1. The van der Waals surface area contributed by atoms with Gasteiger partial charge in [-0.2, -0.15) is 5.10 Å². The van der Waals surface area contributed by atoms with E-state index in [2.05, 4.69) is 5.10 Å². The van der Waals surface area contributed by atoms with Crippen LogP contribution in [0.3, 0.4) is 0 Å². The monoisotopic (exact) mass is 214 g/mol. The molecule has 1 heterocycles. The largest absolute Gasteiger partial charge is 0.384 e. The Morgan fingerprint density at radius 2 is 2.13 bits per heavy atom.